The molecule has 0 spiro atoms. The molecule has 0 saturated heterocycles. The molecule has 166 valence electrons. The van der Waals surface area contributed by atoms with Crippen LogP contribution in [-0.4, -0.2) is 41.9 Å². The second kappa shape index (κ2) is 11.1. The third-order valence-corrected chi connectivity index (χ3v) is 5.04. The van der Waals surface area contributed by atoms with Gasteiger partial charge in [0, 0.05) is 42.5 Å². The lowest BCUT2D eigenvalue weighted by Crippen LogP contribution is -2.26. The SMILES string of the molecule is CNc1cc(C(O)CNCCOc2ccc3c(c2)[nH]c2ccccc23)ccc1O.Cl.Cl. The number of phenols is 1. The van der Waals surface area contributed by atoms with E-state index in [9.17, 15) is 10.2 Å². The molecule has 1 unspecified atom stereocenters. The molecule has 8 heteroatoms. The highest BCUT2D eigenvalue weighted by molar-refractivity contribution is 6.07. The number of aromatic nitrogens is 1. The quantitative estimate of drug-likeness (QED) is 0.194. The van der Waals surface area contributed by atoms with Crippen LogP contribution in [0.1, 0.15) is 11.7 Å². The molecule has 4 aromatic rings. The minimum Gasteiger partial charge on any atom is -0.506 e. The van der Waals surface area contributed by atoms with Crippen LogP contribution in [0.5, 0.6) is 11.5 Å². The highest BCUT2D eigenvalue weighted by Crippen LogP contribution is 2.28. The number of H-pyrrole nitrogens is 1. The Morgan fingerprint density at radius 1 is 0.968 bits per heavy atom. The first-order valence-corrected chi connectivity index (χ1v) is 9.68. The Balaban J connectivity index is 0.00000171. The van der Waals surface area contributed by atoms with E-state index >= 15 is 0 Å². The highest BCUT2D eigenvalue weighted by Gasteiger charge is 2.10. The summed E-state index contributed by atoms with van der Waals surface area (Å²) in [6.07, 6.45) is -0.662. The number of rotatable bonds is 8. The van der Waals surface area contributed by atoms with Crippen LogP contribution in [-0.2, 0) is 0 Å². The summed E-state index contributed by atoms with van der Waals surface area (Å²) in [4.78, 5) is 3.41. The van der Waals surface area contributed by atoms with Crippen LogP contribution >= 0.6 is 24.8 Å². The minimum absolute atomic E-state index is 0. The van der Waals surface area contributed by atoms with E-state index in [1.165, 1.54) is 10.8 Å². The smallest absolute Gasteiger partial charge is 0.138 e. The van der Waals surface area contributed by atoms with Gasteiger partial charge in [0.15, 0.2) is 0 Å². The number of nitrogens with one attached hydrogen (secondary N) is 3. The van der Waals surface area contributed by atoms with E-state index in [1.807, 2.05) is 24.3 Å². The fourth-order valence-corrected chi connectivity index (χ4v) is 3.48. The van der Waals surface area contributed by atoms with Gasteiger partial charge in [0.25, 0.3) is 0 Å². The summed E-state index contributed by atoms with van der Waals surface area (Å²) in [7, 11) is 1.73. The zero-order valence-electron chi connectivity index (χ0n) is 17.1. The Hall–Kier alpha value is -2.64. The lowest BCUT2D eigenvalue weighted by molar-refractivity contribution is 0.172. The van der Waals surface area contributed by atoms with Crippen molar-refractivity contribution in [2.24, 2.45) is 0 Å². The molecule has 0 saturated carbocycles. The number of aliphatic hydroxyl groups excluding tert-OH is 1. The molecule has 31 heavy (non-hydrogen) atoms. The standard InChI is InChI=1S/C23H25N3O3.2ClH/c1-24-21-12-15(6-9-22(21)27)23(28)14-25-10-11-29-16-7-8-18-17-4-2-3-5-19(17)26-20(18)13-16;;/h2-9,12-13,23-28H,10-11,14H2,1H3;2*1H. The molecule has 0 radical (unpaired) electrons. The van der Waals surface area contributed by atoms with Gasteiger partial charge in [-0.3, -0.25) is 0 Å². The molecular weight excluding hydrogens is 437 g/mol. The van der Waals surface area contributed by atoms with E-state index < -0.39 is 6.10 Å². The molecule has 3 aromatic carbocycles. The molecule has 0 aliphatic carbocycles. The van der Waals surface area contributed by atoms with Gasteiger partial charge in [0.1, 0.15) is 18.1 Å². The van der Waals surface area contributed by atoms with Crippen molar-refractivity contribution in [3.05, 3.63) is 66.2 Å². The molecule has 1 heterocycles. The molecule has 0 amide bonds. The molecule has 0 aliphatic heterocycles. The number of phenolic OH excluding ortho intramolecular Hbond substituents is 1. The predicted molar refractivity (Wildman–Crippen MR) is 131 cm³/mol. The van der Waals surface area contributed by atoms with Crippen molar-refractivity contribution in [1.82, 2.24) is 10.3 Å². The van der Waals surface area contributed by atoms with E-state index in [-0.39, 0.29) is 30.6 Å². The normalized spacial score (nSPS) is 11.5. The molecule has 0 fully saturated rings. The molecule has 4 rings (SSSR count). The number of anilines is 1. The molecule has 1 aromatic heterocycles. The summed E-state index contributed by atoms with van der Waals surface area (Å²) in [5.74, 6) is 0.973. The highest BCUT2D eigenvalue weighted by atomic mass is 35.5. The third-order valence-electron chi connectivity index (χ3n) is 5.04. The maximum atomic E-state index is 10.3. The number of aromatic hydroxyl groups is 1. The maximum Gasteiger partial charge on any atom is 0.138 e. The molecule has 6 nitrogen and oxygen atoms in total. The number of halogens is 2. The van der Waals surface area contributed by atoms with Gasteiger partial charge in [0.05, 0.1) is 17.3 Å². The lowest BCUT2D eigenvalue weighted by atomic mass is 10.1. The van der Waals surface area contributed by atoms with Gasteiger partial charge >= 0.3 is 0 Å². The summed E-state index contributed by atoms with van der Waals surface area (Å²) in [6, 6.07) is 19.3. The van der Waals surface area contributed by atoms with Gasteiger partial charge in [-0.15, -0.1) is 24.8 Å². The average molecular weight is 464 g/mol. The number of aromatic amines is 1. The largest absolute Gasteiger partial charge is 0.506 e. The average Bonchev–Trinajstić information content (AvgIpc) is 3.11. The van der Waals surface area contributed by atoms with Crippen molar-refractivity contribution < 1.29 is 14.9 Å². The minimum atomic E-state index is -0.662. The predicted octanol–water partition coefficient (Wildman–Crippen LogP) is 4.61. The zero-order chi connectivity index (χ0) is 20.2. The molecular formula is C23H27Cl2N3O3. The van der Waals surface area contributed by atoms with Crippen LogP contribution in [0.25, 0.3) is 21.8 Å². The Morgan fingerprint density at radius 2 is 1.74 bits per heavy atom. The summed E-state index contributed by atoms with van der Waals surface area (Å²) in [5, 5.41) is 28.5. The molecule has 5 N–H and O–H groups in total. The van der Waals surface area contributed by atoms with E-state index in [4.69, 9.17) is 4.74 Å². The van der Waals surface area contributed by atoms with Crippen molar-refractivity contribution in [1.29, 1.82) is 0 Å². The molecule has 0 aliphatic rings. The number of hydrogen-bond donors (Lipinski definition) is 5. The van der Waals surface area contributed by atoms with Crippen molar-refractivity contribution in [3.63, 3.8) is 0 Å². The number of benzene rings is 3. The summed E-state index contributed by atoms with van der Waals surface area (Å²) in [6.45, 7) is 1.51. The second-order valence-electron chi connectivity index (χ2n) is 6.97. The Morgan fingerprint density at radius 3 is 2.55 bits per heavy atom. The van der Waals surface area contributed by atoms with Crippen LogP contribution in [0.2, 0.25) is 0 Å². The first-order valence-electron chi connectivity index (χ1n) is 9.68. The van der Waals surface area contributed by atoms with Crippen molar-refractivity contribution in [2.75, 3.05) is 32.1 Å². The van der Waals surface area contributed by atoms with Crippen molar-refractivity contribution in [2.45, 2.75) is 6.10 Å². The van der Waals surface area contributed by atoms with E-state index in [0.29, 0.717) is 25.4 Å². The van der Waals surface area contributed by atoms with Crippen LogP contribution in [0.4, 0.5) is 5.69 Å². The van der Waals surface area contributed by atoms with E-state index in [2.05, 4.69) is 33.8 Å². The fourth-order valence-electron chi connectivity index (χ4n) is 3.48. The molecule has 0 bridgehead atoms. The lowest BCUT2D eigenvalue weighted by Gasteiger charge is -2.14. The van der Waals surface area contributed by atoms with Gasteiger partial charge in [-0.2, -0.15) is 0 Å². The van der Waals surface area contributed by atoms with Crippen LogP contribution in [0, 0.1) is 0 Å². The summed E-state index contributed by atoms with van der Waals surface area (Å²) in [5.41, 5.74) is 3.51. The first-order chi connectivity index (χ1) is 14.2. The van der Waals surface area contributed by atoms with E-state index in [0.717, 1.165) is 22.3 Å². The second-order valence-corrected chi connectivity index (χ2v) is 6.97. The number of para-hydroxylation sites is 1. The summed E-state index contributed by atoms with van der Waals surface area (Å²) < 4.78 is 5.84. The third kappa shape index (κ3) is 5.54. The Labute approximate surface area is 193 Å². The van der Waals surface area contributed by atoms with E-state index in [1.54, 1.807) is 25.2 Å². The first kappa shape index (κ1) is 24.6. The van der Waals surface area contributed by atoms with Crippen molar-refractivity contribution in [3.8, 4) is 11.5 Å². The fraction of sp³-hybridized carbons (Fsp3) is 0.217. The monoisotopic (exact) mass is 463 g/mol. The van der Waals surface area contributed by atoms with Crippen LogP contribution in [0.15, 0.2) is 60.7 Å². The Bertz CT molecular complexity index is 1130. The summed E-state index contributed by atoms with van der Waals surface area (Å²) >= 11 is 0. The topological polar surface area (TPSA) is 89.5 Å². The number of hydrogen-bond acceptors (Lipinski definition) is 5. The van der Waals surface area contributed by atoms with Crippen LogP contribution in [0.3, 0.4) is 0 Å². The van der Waals surface area contributed by atoms with Crippen molar-refractivity contribution >= 4 is 52.3 Å². The van der Waals surface area contributed by atoms with Gasteiger partial charge in [-0.25, -0.2) is 0 Å². The van der Waals surface area contributed by atoms with Gasteiger partial charge < -0.3 is 30.6 Å². The van der Waals surface area contributed by atoms with Gasteiger partial charge in [-0.05, 0) is 35.9 Å². The number of fused-ring (bicyclic) bond motifs is 3. The number of ether oxygens (including phenoxy) is 1. The maximum absolute atomic E-state index is 10.3. The van der Waals surface area contributed by atoms with Gasteiger partial charge in [0.2, 0.25) is 0 Å². The zero-order valence-corrected chi connectivity index (χ0v) is 18.7. The Kier molecular flexibility index (Phi) is 8.83. The molecule has 1 atom stereocenters. The number of aliphatic hydroxyl groups is 1. The van der Waals surface area contributed by atoms with Gasteiger partial charge in [-0.1, -0.05) is 24.3 Å². The van der Waals surface area contributed by atoms with Crippen LogP contribution < -0.4 is 15.4 Å².